The zero-order valence-corrected chi connectivity index (χ0v) is 14.0. The molecule has 0 atom stereocenters. The largest absolute Gasteiger partial charge is 0.416 e. The fraction of sp³-hybridized carbons (Fsp3) is 0.222. The number of nitrogens with one attached hydrogen (secondary N) is 1. The average molecular weight is 376 g/mol. The van der Waals surface area contributed by atoms with Gasteiger partial charge in [0.2, 0.25) is 17.6 Å². The van der Waals surface area contributed by atoms with E-state index in [1.165, 1.54) is 12.1 Å². The fourth-order valence-corrected chi connectivity index (χ4v) is 2.35. The van der Waals surface area contributed by atoms with Gasteiger partial charge in [0.25, 0.3) is 0 Å². The summed E-state index contributed by atoms with van der Waals surface area (Å²) in [6.07, 6.45) is -1.95. The molecule has 0 fully saturated rings. The lowest BCUT2D eigenvalue weighted by atomic mass is 10.2. The van der Waals surface area contributed by atoms with E-state index in [-0.39, 0.29) is 12.1 Å². The number of halogens is 3. The van der Waals surface area contributed by atoms with Crippen molar-refractivity contribution in [2.24, 2.45) is 0 Å². The number of aryl methyl sites for hydroxylation is 1. The first-order valence-corrected chi connectivity index (χ1v) is 8.13. The number of carbonyl (C=O) groups excluding carboxylic acids is 1. The standard InChI is InChI=1S/C18H15F3N4O2/c19-18(20,21)12-5-3-6-13(11-12)23-15(26)8-4-9-16-24-17(25-27-16)14-7-1-2-10-22-14/h1-3,5-7,10-11H,4,8-9H2,(H,23,26). The van der Waals surface area contributed by atoms with E-state index in [0.717, 1.165) is 12.1 Å². The molecule has 1 aromatic carbocycles. The molecule has 6 nitrogen and oxygen atoms in total. The first kappa shape index (κ1) is 18.6. The van der Waals surface area contributed by atoms with Gasteiger partial charge >= 0.3 is 6.18 Å². The van der Waals surface area contributed by atoms with Crippen molar-refractivity contribution in [3.63, 3.8) is 0 Å². The summed E-state index contributed by atoms with van der Waals surface area (Å²) in [5.74, 6) is 0.334. The molecule has 0 aliphatic carbocycles. The summed E-state index contributed by atoms with van der Waals surface area (Å²) in [4.78, 5) is 20.2. The van der Waals surface area contributed by atoms with E-state index >= 15 is 0 Å². The third kappa shape index (κ3) is 5.13. The van der Waals surface area contributed by atoms with E-state index in [1.54, 1.807) is 24.4 Å². The molecule has 0 aliphatic rings. The summed E-state index contributed by atoms with van der Waals surface area (Å²) in [5.41, 5.74) is -0.131. The van der Waals surface area contributed by atoms with Crippen molar-refractivity contribution in [1.29, 1.82) is 0 Å². The van der Waals surface area contributed by atoms with Gasteiger partial charge in [-0.15, -0.1) is 0 Å². The minimum atomic E-state index is -4.45. The molecule has 0 unspecified atom stereocenters. The van der Waals surface area contributed by atoms with Gasteiger partial charge in [-0.2, -0.15) is 18.2 Å². The third-order valence-electron chi connectivity index (χ3n) is 3.63. The monoisotopic (exact) mass is 376 g/mol. The van der Waals surface area contributed by atoms with Crippen molar-refractivity contribution in [1.82, 2.24) is 15.1 Å². The van der Waals surface area contributed by atoms with Crippen LogP contribution in [0.4, 0.5) is 18.9 Å². The van der Waals surface area contributed by atoms with Crippen LogP contribution in [-0.4, -0.2) is 21.0 Å². The summed E-state index contributed by atoms with van der Waals surface area (Å²) >= 11 is 0. The molecule has 1 amide bonds. The van der Waals surface area contributed by atoms with Crippen molar-refractivity contribution in [2.45, 2.75) is 25.4 Å². The molecule has 0 radical (unpaired) electrons. The van der Waals surface area contributed by atoms with Gasteiger partial charge in [0.05, 0.1) is 5.56 Å². The van der Waals surface area contributed by atoms with Crippen LogP contribution in [-0.2, 0) is 17.4 Å². The zero-order valence-electron chi connectivity index (χ0n) is 14.0. The lowest BCUT2D eigenvalue weighted by Gasteiger charge is -2.09. The van der Waals surface area contributed by atoms with Crippen LogP contribution in [0.25, 0.3) is 11.5 Å². The highest BCUT2D eigenvalue weighted by molar-refractivity contribution is 5.90. The topological polar surface area (TPSA) is 80.9 Å². The summed E-state index contributed by atoms with van der Waals surface area (Å²) in [6.45, 7) is 0. The summed E-state index contributed by atoms with van der Waals surface area (Å²) in [6, 6.07) is 9.82. The first-order valence-electron chi connectivity index (χ1n) is 8.13. The molecule has 0 spiro atoms. The third-order valence-corrected chi connectivity index (χ3v) is 3.63. The Kier molecular flexibility index (Phi) is 5.49. The minimum Gasteiger partial charge on any atom is -0.339 e. The molecule has 2 heterocycles. The molecule has 2 aromatic heterocycles. The van der Waals surface area contributed by atoms with Crippen molar-refractivity contribution in [2.75, 3.05) is 5.32 Å². The summed E-state index contributed by atoms with van der Waals surface area (Å²) in [7, 11) is 0. The van der Waals surface area contributed by atoms with Gasteiger partial charge in [-0.05, 0) is 36.8 Å². The van der Waals surface area contributed by atoms with Gasteiger partial charge in [-0.3, -0.25) is 9.78 Å². The Morgan fingerprint density at radius 3 is 2.74 bits per heavy atom. The highest BCUT2D eigenvalue weighted by atomic mass is 19.4. The zero-order chi connectivity index (χ0) is 19.3. The first-order chi connectivity index (χ1) is 12.9. The van der Waals surface area contributed by atoms with Crippen molar-refractivity contribution in [3.05, 3.63) is 60.1 Å². The van der Waals surface area contributed by atoms with Crippen LogP contribution in [0.1, 0.15) is 24.3 Å². The van der Waals surface area contributed by atoms with Crippen LogP contribution in [0, 0.1) is 0 Å². The fourth-order valence-electron chi connectivity index (χ4n) is 2.35. The molecule has 1 N–H and O–H groups in total. The maximum atomic E-state index is 12.7. The predicted molar refractivity (Wildman–Crippen MR) is 90.5 cm³/mol. The van der Waals surface area contributed by atoms with Crippen molar-refractivity contribution in [3.8, 4) is 11.5 Å². The Morgan fingerprint density at radius 1 is 1.15 bits per heavy atom. The number of pyridine rings is 1. The summed E-state index contributed by atoms with van der Waals surface area (Å²) < 4.78 is 43.2. The number of anilines is 1. The Labute approximate surface area is 152 Å². The van der Waals surface area contributed by atoms with Crippen LogP contribution in [0.5, 0.6) is 0 Å². The predicted octanol–water partition coefficient (Wildman–Crippen LogP) is 4.11. The number of amides is 1. The molecule has 0 bridgehead atoms. The second-order valence-corrected chi connectivity index (χ2v) is 5.71. The van der Waals surface area contributed by atoms with Gasteiger partial charge in [0.15, 0.2) is 0 Å². The Balaban J connectivity index is 1.50. The molecule has 3 aromatic rings. The number of benzene rings is 1. The average Bonchev–Trinajstić information content (AvgIpc) is 3.11. The van der Waals surface area contributed by atoms with Gasteiger partial charge in [-0.25, -0.2) is 0 Å². The number of nitrogens with zero attached hydrogens (tertiary/aromatic N) is 3. The van der Waals surface area contributed by atoms with Crippen molar-refractivity contribution < 1.29 is 22.5 Å². The number of rotatable bonds is 6. The van der Waals surface area contributed by atoms with E-state index in [1.807, 2.05) is 0 Å². The molecule has 0 saturated heterocycles. The molecule has 140 valence electrons. The minimum absolute atomic E-state index is 0.102. The van der Waals surface area contributed by atoms with Crippen LogP contribution in [0.2, 0.25) is 0 Å². The lowest BCUT2D eigenvalue weighted by molar-refractivity contribution is -0.137. The van der Waals surface area contributed by atoms with Crippen LogP contribution in [0.15, 0.2) is 53.2 Å². The Bertz CT molecular complexity index is 910. The van der Waals surface area contributed by atoms with E-state index in [4.69, 9.17) is 4.52 Å². The second kappa shape index (κ2) is 7.98. The van der Waals surface area contributed by atoms with E-state index in [0.29, 0.717) is 30.3 Å². The van der Waals surface area contributed by atoms with Crippen LogP contribution in [0.3, 0.4) is 0 Å². The molecule has 0 aliphatic heterocycles. The summed E-state index contributed by atoms with van der Waals surface area (Å²) in [5, 5.41) is 6.29. The van der Waals surface area contributed by atoms with Gasteiger partial charge in [-0.1, -0.05) is 17.3 Å². The van der Waals surface area contributed by atoms with Crippen LogP contribution < -0.4 is 5.32 Å². The highest BCUT2D eigenvalue weighted by Crippen LogP contribution is 2.30. The molecule has 27 heavy (non-hydrogen) atoms. The SMILES string of the molecule is O=C(CCCc1nc(-c2ccccn2)no1)Nc1cccc(C(F)(F)F)c1. The lowest BCUT2D eigenvalue weighted by Crippen LogP contribution is -2.13. The van der Waals surface area contributed by atoms with E-state index in [2.05, 4.69) is 20.4 Å². The Morgan fingerprint density at radius 2 is 2.00 bits per heavy atom. The molecule has 0 saturated carbocycles. The maximum Gasteiger partial charge on any atom is 0.416 e. The van der Waals surface area contributed by atoms with E-state index < -0.39 is 17.6 Å². The quantitative estimate of drug-likeness (QED) is 0.700. The number of alkyl halides is 3. The van der Waals surface area contributed by atoms with Gasteiger partial charge < -0.3 is 9.84 Å². The number of aromatic nitrogens is 3. The second-order valence-electron chi connectivity index (χ2n) is 5.71. The Hall–Kier alpha value is -3.23. The number of carbonyl (C=O) groups is 1. The van der Waals surface area contributed by atoms with Crippen molar-refractivity contribution >= 4 is 11.6 Å². The number of hydrogen-bond donors (Lipinski definition) is 1. The highest BCUT2D eigenvalue weighted by Gasteiger charge is 2.30. The number of hydrogen-bond acceptors (Lipinski definition) is 5. The molecular formula is C18H15F3N4O2. The molecule has 3 rings (SSSR count). The smallest absolute Gasteiger partial charge is 0.339 e. The van der Waals surface area contributed by atoms with E-state index in [9.17, 15) is 18.0 Å². The van der Waals surface area contributed by atoms with Gasteiger partial charge in [0, 0.05) is 24.7 Å². The maximum absolute atomic E-state index is 12.7. The molecular weight excluding hydrogens is 361 g/mol. The van der Waals surface area contributed by atoms with Crippen LogP contribution >= 0.6 is 0 Å². The normalized spacial score (nSPS) is 11.4. The molecule has 9 heteroatoms. The van der Waals surface area contributed by atoms with Gasteiger partial charge in [0.1, 0.15) is 5.69 Å².